The molecule has 0 aliphatic carbocycles. The molecule has 1 radical (unpaired) electrons. The van der Waals surface area contributed by atoms with Gasteiger partial charge in [0.25, 0.3) is 0 Å². The smallest absolute Gasteiger partial charge is 0.235 e. The summed E-state index contributed by atoms with van der Waals surface area (Å²) >= 11 is 0. The highest BCUT2D eigenvalue weighted by molar-refractivity contribution is 6.48. The van der Waals surface area contributed by atoms with Gasteiger partial charge < -0.3 is 4.53 Å². The molecule has 0 atom stereocenters. The summed E-state index contributed by atoms with van der Waals surface area (Å²) in [5.74, 6) is 0. The monoisotopic (exact) mass is 118 g/mol. The molecule has 0 bridgehead atoms. The zero-order valence-electron chi connectivity index (χ0n) is 5.36. The van der Waals surface area contributed by atoms with Crippen molar-refractivity contribution in [1.82, 2.24) is 5.06 Å². The summed E-state index contributed by atoms with van der Waals surface area (Å²) in [6.07, 6.45) is 0. The topological polar surface area (TPSA) is 12.5 Å². The van der Waals surface area contributed by atoms with E-state index < -0.39 is 9.04 Å². The van der Waals surface area contributed by atoms with E-state index in [2.05, 4.69) is 13.1 Å². The first-order valence-corrected chi connectivity index (χ1v) is 4.69. The summed E-state index contributed by atoms with van der Waals surface area (Å²) in [4.78, 5) is 0. The molecular formula is C4H12NOSi. The van der Waals surface area contributed by atoms with Crippen LogP contribution in [-0.4, -0.2) is 28.2 Å². The van der Waals surface area contributed by atoms with Crippen molar-refractivity contribution in [3.05, 3.63) is 0 Å². The largest absolute Gasteiger partial charge is 0.344 e. The lowest BCUT2D eigenvalue weighted by molar-refractivity contribution is -0.00561. The Morgan fingerprint density at radius 2 is 1.71 bits per heavy atom. The van der Waals surface area contributed by atoms with Crippen LogP contribution in [0, 0.1) is 0 Å². The van der Waals surface area contributed by atoms with Crippen LogP contribution >= 0.6 is 0 Å². The molecule has 0 aliphatic rings. The lowest BCUT2D eigenvalue weighted by atomic mass is 11.2. The first kappa shape index (κ1) is 7.14. The second-order valence-electron chi connectivity index (χ2n) is 1.81. The van der Waals surface area contributed by atoms with Crippen LogP contribution in [0.3, 0.4) is 0 Å². The fourth-order valence-corrected chi connectivity index (χ4v) is 1.10. The second kappa shape index (κ2) is 3.18. The first-order valence-electron chi connectivity index (χ1n) is 2.28. The molecule has 0 aromatic rings. The average Bonchev–Trinajstić information content (AvgIpc) is 1.27. The Balaban J connectivity index is 2.95. The van der Waals surface area contributed by atoms with Crippen LogP contribution in [0.25, 0.3) is 0 Å². The Morgan fingerprint density at radius 1 is 1.29 bits per heavy atom. The summed E-state index contributed by atoms with van der Waals surface area (Å²) in [5, 5.41) is 1.74. The molecule has 0 fully saturated rings. The molecule has 2 nitrogen and oxygen atoms in total. The van der Waals surface area contributed by atoms with E-state index >= 15 is 0 Å². The van der Waals surface area contributed by atoms with Crippen LogP contribution in [0.2, 0.25) is 13.1 Å². The van der Waals surface area contributed by atoms with Gasteiger partial charge in [-0.25, -0.2) is 5.06 Å². The highest BCUT2D eigenvalue weighted by Gasteiger charge is 1.95. The van der Waals surface area contributed by atoms with Crippen LogP contribution < -0.4 is 0 Å². The maximum absolute atomic E-state index is 5.19. The Morgan fingerprint density at radius 3 is 1.71 bits per heavy atom. The van der Waals surface area contributed by atoms with E-state index in [-0.39, 0.29) is 0 Å². The van der Waals surface area contributed by atoms with Crippen LogP contribution in [0.4, 0.5) is 0 Å². The zero-order chi connectivity index (χ0) is 5.86. The van der Waals surface area contributed by atoms with Gasteiger partial charge in [-0.05, 0) is 13.1 Å². The van der Waals surface area contributed by atoms with E-state index in [0.717, 1.165) is 0 Å². The van der Waals surface area contributed by atoms with Crippen molar-refractivity contribution in [3.63, 3.8) is 0 Å². The van der Waals surface area contributed by atoms with Crippen LogP contribution in [0.15, 0.2) is 0 Å². The van der Waals surface area contributed by atoms with Crippen LogP contribution in [-0.2, 0) is 4.53 Å². The number of hydrogen-bond donors (Lipinski definition) is 0. The Hall–Kier alpha value is 0.137. The third kappa shape index (κ3) is 6.14. The van der Waals surface area contributed by atoms with Gasteiger partial charge in [0.15, 0.2) is 0 Å². The predicted molar refractivity (Wildman–Crippen MR) is 32.3 cm³/mol. The van der Waals surface area contributed by atoms with Gasteiger partial charge in [-0.2, -0.15) is 0 Å². The lowest BCUT2D eigenvalue weighted by Crippen LogP contribution is -2.20. The normalized spacial score (nSPS) is 11.1. The van der Waals surface area contributed by atoms with Crippen molar-refractivity contribution in [2.24, 2.45) is 0 Å². The van der Waals surface area contributed by atoms with Gasteiger partial charge in [0.1, 0.15) is 0 Å². The lowest BCUT2D eigenvalue weighted by Gasteiger charge is -2.11. The Labute approximate surface area is 46.8 Å². The molecule has 43 valence electrons. The number of nitrogens with zero attached hydrogens (tertiary/aromatic N) is 1. The Kier molecular flexibility index (Phi) is 3.24. The van der Waals surface area contributed by atoms with E-state index in [1.807, 2.05) is 14.1 Å². The van der Waals surface area contributed by atoms with Gasteiger partial charge in [-0.15, -0.1) is 0 Å². The van der Waals surface area contributed by atoms with Crippen molar-refractivity contribution in [2.75, 3.05) is 14.1 Å². The maximum atomic E-state index is 5.19. The van der Waals surface area contributed by atoms with Crippen molar-refractivity contribution >= 4 is 9.04 Å². The van der Waals surface area contributed by atoms with Crippen LogP contribution in [0.5, 0.6) is 0 Å². The third-order valence-corrected chi connectivity index (χ3v) is 1.10. The third-order valence-electron chi connectivity index (χ3n) is 0.365. The number of hydroxylamine groups is 2. The molecule has 0 amide bonds. The zero-order valence-corrected chi connectivity index (χ0v) is 6.36. The summed E-state index contributed by atoms with van der Waals surface area (Å²) in [6.45, 7) is 4.20. The van der Waals surface area contributed by atoms with Gasteiger partial charge >= 0.3 is 0 Å². The highest BCUT2D eigenvalue weighted by atomic mass is 28.3. The number of rotatable bonds is 2. The molecule has 0 aromatic carbocycles. The van der Waals surface area contributed by atoms with E-state index in [9.17, 15) is 0 Å². The van der Waals surface area contributed by atoms with Crippen molar-refractivity contribution in [1.29, 1.82) is 0 Å². The molecule has 7 heavy (non-hydrogen) atoms. The molecule has 3 heteroatoms. The van der Waals surface area contributed by atoms with E-state index in [0.29, 0.717) is 0 Å². The molecule has 0 spiro atoms. The predicted octanol–water partition coefficient (Wildman–Crippen LogP) is 0.731. The van der Waals surface area contributed by atoms with Crippen LogP contribution in [0.1, 0.15) is 0 Å². The highest BCUT2D eigenvalue weighted by Crippen LogP contribution is 1.83. The summed E-state index contributed by atoms with van der Waals surface area (Å²) in [7, 11) is 3.29. The second-order valence-corrected chi connectivity index (χ2v) is 3.81. The van der Waals surface area contributed by atoms with Gasteiger partial charge in [0.05, 0.1) is 0 Å². The molecule has 0 aromatic heterocycles. The van der Waals surface area contributed by atoms with Crippen molar-refractivity contribution < 1.29 is 4.53 Å². The molecular weight excluding hydrogens is 106 g/mol. The van der Waals surface area contributed by atoms with E-state index in [4.69, 9.17) is 4.53 Å². The summed E-state index contributed by atoms with van der Waals surface area (Å²) in [6, 6.07) is 0. The first-order chi connectivity index (χ1) is 3.13. The quantitative estimate of drug-likeness (QED) is 0.391. The molecule has 0 heterocycles. The van der Waals surface area contributed by atoms with Gasteiger partial charge in [-0.1, -0.05) is 0 Å². The molecule has 0 rings (SSSR count). The SMILES string of the molecule is CN(C)O[Si](C)C. The minimum atomic E-state index is -0.508. The Bertz CT molecular complexity index is 41.0. The molecule has 0 unspecified atom stereocenters. The van der Waals surface area contributed by atoms with Crippen molar-refractivity contribution in [3.8, 4) is 0 Å². The van der Waals surface area contributed by atoms with Gasteiger partial charge in [-0.3, -0.25) is 0 Å². The fraction of sp³-hybridized carbons (Fsp3) is 1.00. The van der Waals surface area contributed by atoms with Crippen molar-refractivity contribution in [2.45, 2.75) is 13.1 Å². The minimum absolute atomic E-state index is 0.508. The molecule has 0 aliphatic heterocycles. The molecule has 0 saturated carbocycles. The maximum Gasteiger partial charge on any atom is 0.235 e. The summed E-state index contributed by atoms with van der Waals surface area (Å²) in [5.41, 5.74) is 0. The van der Waals surface area contributed by atoms with E-state index in [1.165, 1.54) is 0 Å². The minimum Gasteiger partial charge on any atom is -0.344 e. The summed E-state index contributed by atoms with van der Waals surface area (Å²) < 4.78 is 5.19. The molecule has 0 saturated heterocycles. The molecule has 0 N–H and O–H groups in total. The average molecular weight is 118 g/mol. The van der Waals surface area contributed by atoms with Gasteiger partial charge in [0, 0.05) is 14.1 Å². The fourth-order valence-electron chi connectivity index (χ4n) is 0.365. The number of hydrogen-bond acceptors (Lipinski definition) is 2. The standard InChI is InChI=1S/C4H12NOSi/c1-5(2)6-7(3)4/h1-4H3. The van der Waals surface area contributed by atoms with Gasteiger partial charge in [0.2, 0.25) is 9.04 Å². The van der Waals surface area contributed by atoms with E-state index in [1.54, 1.807) is 5.06 Å².